The number of carbonyl (C=O) groups excluding carboxylic acids is 1. The van der Waals surface area contributed by atoms with Crippen molar-refractivity contribution in [1.29, 1.82) is 0 Å². The molecule has 0 aromatic rings. The Bertz CT molecular complexity index is 226. The first kappa shape index (κ1) is 17.4. The van der Waals surface area contributed by atoms with Crippen LogP contribution in [0.25, 0.3) is 0 Å². The third kappa shape index (κ3) is 5.38. The summed E-state index contributed by atoms with van der Waals surface area (Å²) in [6.45, 7) is 11.1. The van der Waals surface area contributed by atoms with Crippen LogP contribution in [0.2, 0.25) is 0 Å². The molecule has 1 unspecified atom stereocenters. The monoisotopic (exact) mass is 256 g/mol. The van der Waals surface area contributed by atoms with Gasteiger partial charge in [0.15, 0.2) is 0 Å². The van der Waals surface area contributed by atoms with Crippen LogP contribution in [0.5, 0.6) is 0 Å². The fraction of sp³-hybridized carbons (Fsp3) is 0.933. The molecule has 0 spiro atoms. The van der Waals surface area contributed by atoms with Crippen LogP contribution in [0.3, 0.4) is 0 Å². The lowest BCUT2D eigenvalue weighted by atomic mass is 9.81. The summed E-state index contributed by atoms with van der Waals surface area (Å²) in [5.41, 5.74) is 5.42. The number of hydrogen-bond acceptors (Lipinski definition) is 2. The Labute approximate surface area is 113 Å². The Morgan fingerprint density at radius 1 is 1.17 bits per heavy atom. The highest BCUT2D eigenvalue weighted by Gasteiger charge is 2.33. The van der Waals surface area contributed by atoms with E-state index in [1.807, 2.05) is 13.8 Å². The van der Waals surface area contributed by atoms with Crippen LogP contribution in [-0.4, -0.2) is 18.5 Å². The highest BCUT2D eigenvalue weighted by Crippen LogP contribution is 2.25. The van der Waals surface area contributed by atoms with Gasteiger partial charge in [0.05, 0.1) is 5.41 Å². The molecule has 0 aromatic carbocycles. The number of amides is 1. The van der Waals surface area contributed by atoms with E-state index in [0.29, 0.717) is 6.54 Å². The Hall–Kier alpha value is -0.570. The minimum absolute atomic E-state index is 0.132. The first-order valence-electron chi connectivity index (χ1n) is 7.42. The number of rotatable bonds is 9. The zero-order chi connectivity index (χ0) is 14.2. The van der Waals surface area contributed by atoms with Crippen LogP contribution in [0.1, 0.15) is 66.7 Å². The maximum Gasteiger partial charge on any atom is 0.227 e. The van der Waals surface area contributed by atoms with E-state index in [-0.39, 0.29) is 17.4 Å². The molecule has 0 aromatic heterocycles. The van der Waals surface area contributed by atoms with Crippen molar-refractivity contribution < 1.29 is 4.79 Å². The quantitative estimate of drug-likeness (QED) is 0.666. The van der Waals surface area contributed by atoms with E-state index in [4.69, 9.17) is 5.73 Å². The van der Waals surface area contributed by atoms with Gasteiger partial charge in [-0.05, 0) is 32.1 Å². The molecule has 3 nitrogen and oxygen atoms in total. The van der Waals surface area contributed by atoms with Gasteiger partial charge in [-0.3, -0.25) is 4.79 Å². The van der Waals surface area contributed by atoms with E-state index >= 15 is 0 Å². The van der Waals surface area contributed by atoms with Crippen LogP contribution in [-0.2, 0) is 4.79 Å². The first-order chi connectivity index (χ1) is 8.41. The molecular weight excluding hydrogens is 224 g/mol. The fourth-order valence-electron chi connectivity index (χ4n) is 2.23. The van der Waals surface area contributed by atoms with Crippen molar-refractivity contribution >= 4 is 5.91 Å². The molecule has 0 fully saturated rings. The molecule has 108 valence electrons. The predicted octanol–water partition coefficient (Wildman–Crippen LogP) is 3.08. The van der Waals surface area contributed by atoms with Gasteiger partial charge < -0.3 is 11.1 Å². The SMILES string of the molecule is CCC(CC)(CN)C(=O)NC(C)CCCC(C)C. The summed E-state index contributed by atoms with van der Waals surface area (Å²) >= 11 is 0. The molecule has 1 amide bonds. The second kappa shape index (κ2) is 8.52. The summed E-state index contributed by atoms with van der Waals surface area (Å²) in [6.07, 6.45) is 5.07. The summed E-state index contributed by atoms with van der Waals surface area (Å²) in [5.74, 6) is 0.870. The highest BCUT2D eigenvalue weighted by atomic mass is 16.2. The molecule has 1 atom stereocenters. The standard InChI is InChI=1S/C15H32N2O/c1-6-15(7-2,11-16)14(18)17-13(5)10-8-9-12(3)4/h12-13H,6-11,16H2,1-5H3,(H,17,18). The van der Waals surface area contributed by atoms with Gasteiger partial charge in [-0.2, -0.15) is 0 Å². The second-order valence-corrected chi connectivity index (χ2v) is 5.89. The van der Waals surface area contributed by atoms with Gasteiger partial charge in [0, 0.05) is 12.6 Å². The molecule has 0 aliphatic carbocycles. The number of nitrogens with one attached hydrogen (secondary N) is 1. The lowest BCUT2D eigenvalue weighted by molar-refractivity contribution is -0.131. The first-order valence-corrected chi connectivity index (χ1v) is 7.42. The van der Waals surface area contributed by atoms with E-state index in [2.05, 4.69) is 26.1 Å². The summed E-state index contributed by atoms with van der Waals surface area (Å²) in [4.78, 5) is 12.3. The van der Waals surface area contributed by atoms with Crippen molar-refractivity contribution in [1.82, 2.24) is 5.32 Å². The van der Waals surface area contributed by atoms with Crippen molar-refractivity contribution in [3.05, 3.63) is 0 Å². The summed E-state index contributed by atoms with van der Waals surface area (Å²) in [7, 11) is 0. The van der Waals surface area contributed by atoms with Gasteiger partial charge in [0.2, 0.25) is 5.91 Å². The Morgan fingerprint density at radius 3 is 2.11 bits per heavy atom. The zero-order valence-electron chi connectivity index (χ0n) is 12.9. The lowest BCUT2D eigenvalue weighted by Crippen LogP contribution is -2.48. The zero-order valence-corrected chi connectivity index (χ0v) is 12.9. The van der Waals surface area contributed by atoms with Gasteiger partial charge in [0.25, 0.3) is 0 Å². The fourth-order valence-corrected chi connectivity index (χ4v) is 2.23. The number of carbonyl (C=O) groups is 1. The molecule has 3 N–H and O–H groups in total. The predicted molar refractivity (Wildman–Crippen MR) is 78.4 cm³/mol. The largest absolute Gasteiger partial charge is 0.353 e. The van der Waals surface area contributed by atoms with Crippen molar-refractivity contribution in [2.45, 2.75) is 72.8 Å². The van der Waals surface area contributed by atoms with Crippen LogP contribution in [0, 0.1) is 11.3 Å². The molecule has 0 heterocycles. The summed E-state index contributed by atoms with van der Waals surface area (Å²) in [6, 6.07) is 0.250. The minimum Gasteiger partial charge on any atom is -0.353 e. The summed E-state index contributed by atoms with van der Waals surface area (Å²) in [5, 5.41) is 3.13. The van der Waals surface area contributed by atoms with Gasteiger partial charge in [0.1, 0.15) is 0 Å². The number of nitrogens with two attached hydrogens (primary N) is 1. The molecule has 0 saturated carbocycles. The van der Waals surface area contributed by atoms with Crippen molar-refractivity contribution in [3.8, 4) is 0 Å². The van der Waals surface area contributed by atoms with E-state index in [1.165, 1.54) is 12.8 Å². The maximum absolute atomic E-state index is 12.3. The minimum atomic E-state index is -0.369. The topological polar surface area (TPSA) is 55.1 Å². The van der Waals surface area contributed by atoms with Crippen LogP contribution in [0.15, 0.2) is 0 Å². The molecule has 0 aliphatic heterocycles. The smallest absolute Gasteiger partial charge is 0.227 e. The third-order valence-electron chi connectivity index (χ3n) is 4.02. The molecule has 3 heteroatoms. The van der Waals surface area contributed by atoms with Gasteiger partial charge in [-0.15, -0.1) is 0 Å². The van der Waals surface area contributed by atoms with Crippen LogP contribution >= 0.6 is 0 Å². The molecule has 18 heavy (non-hydrogen) atoms. The van der Waals surface area contributed by atoms with Crippen LogP contribution in [0.4, 0.5) is 0 Å². The maximum atomic E-state index is 12.3. The lowest BCUT2D eigenvalue weighted by Gasteiger charge is -2.30. The van der Waals surface area contributed by atoms with Crippen molar-refractivity contribution in [2.75, 3.05) is 6.54 Å². The Kier molecular flexibility index (Phi) is 8.25. The Morgan fingerprint density at radius 2 is 1.72 bits per heavy atom. The molecule has 0 aliphatic rings. The van der Waals surface area contributed by atoms with Gasteiger partial charge >= 0.3 is 0 Å². The average molecular weight is 256 g/mol. The van der Waals surface area contributed by atoms with Gasteiger partial charge in [-0.25, -0.2) is 0 Å². The number of hydrogen-bond donors (Lipinski definition) is 2. The second-order valence-electron chi connectivity index (χ2n) is 5.89. The third-order valence-corrected chi connectivity index (χ3v) is 4.02. The van der Waals surface area contributed by atoms with Crippen molar-refractivity contribution in [3.63, 3.8) is 0 Å². The highest BCUT2D eigenvalue weighted by molar-refractivity contribution is 5.83. The average Bonchev–Trinajstić information content (AvgIpc) is 2.31. The normalized spacial score (nSPS) is 13.7. The van der Waals surface area contributed by atoms with E-state index in [1.54, 1.807) is 0 Å². The van der Waals surface area contributed by atoms with E-state index in [0.717, 1.165) is 25.2 Å². The Balaban J connectivity index is 4.20. The van der Waals surface area contributed by atoms with Gasteiger partial charge in [-0.1, -0.05) is 40.5 Å². The summed E-state index contributed by atoms with van der Waals surface area (Å²) < 4.78 is 0. The molecule has 0 saturated heterocycles. The molecular formula is C15H32N2O. The van der Waals surface area contributed by atoms with E-state index < -0.39 is 0 Å². The molecule has 0 rings (SSSR count). The van der Waals surface area contributed by atoms with E-state index in [9.17, 15) is 4.79 Å². The molecule has 0 radical (unpaired) electrons. The molecule has 0 bridgehead atoms. The van der Waals surface area contributed by atoms with Crippen LogP contribution < -0.4 is 11.1 Å². The van der Waals surface area contributed by atoms with Crippen molar-refractivity contribution in [2.24, 2.45) is 17.1 Å².